The molecule has 1 aliphatic heterocycles. The van der Waals surface area contributed by atoms with Crippen molar-refractivity contribution in [3.8, 4) is 17.2 Å². The molecule has 1 fully saturated rings. The fourth-order valence-electron chi connectivity index (χ4n) is 3.46. The van der Waals surface area contributed by atoms with Gasteiger partial charge in [0.25, 0.3) is 5.91 Å². The van der Waals surface area contributed by atoms with Crippen LogP contribution in [0.25, 0.3) is 0 Å². The third kappa shape index (κ3) is 8.02. The predicted octanol–water partition coefficient (Wildman–Crippen LogP) is 6.42. The lowest BCUT2D eigenvalue weighted by Gasteiger charge is -2.15. The van der Waals surface area contributed by atoms with Crippen molar-refractivity contribution in [2.24, 2.45) is 5.10 Å². The van der Waals surface area contributed by atoms with Crippen LogP contribution in [-0.2, 0) is 11.4 Å². The first-order valence-electron chi connectivity index (χ1n) is 11.6. The zero-order valence-corrected chi connectivity index (χ0v) is 23.9. The second-order valence-corrected chi connectivity index (χ2v) is 11.8. The summed E-state index contributed by atoms with van der Waals surface area (Å²) in [5, 5.41) is 4.04. The number of thioether (sulfide) groups is 2. The molecule has 4 rings (SSSR count). The first-order chi connectivity index (χ1) is 18.0. The van der Waals surface area contributed by atoms with Gasteiger partial charge < -0.3 is 14.2 Å². The fourth-order valence-corrected chi connectivity index (χ4v) is 7.10. The Morgan fingerprint density at radius 3 is 2.59 bits per heavy atom. The maximum Gasteiger partial charge on any atom is 0.277 e. The molecule has 1 saturated heterocycles. The zero-order chi connectivity index (χ0) is 26.0. The van der Waals surface area contributed by atoms with Crippen LogP contribution in [0.3, 0.4) is 0 Å². The number of carbonyl (C=O) groups excluding carboxylic acids is 1. The number of nitrogens with one attached hydrogen (secondary N) is 1. The van der Waals surface area contributed by atoms with E-state index in [4.69, 9.17) is 14.2 Å². The summed E-state index contributed by atoms with van der Waals surface area (Å²) in [6, 6.07) is 17.9. The first kappa shape index (κ1) is 27.6. The third-order valence-electron chi connectivity index (χ3n) is 5.21. The molecule has 3 aromatic rings. The summed E-state index contributed by atoms with van der Waals surface area (Å²) in [4.78, 5) is 12.2. The van der Waals surface area contributed by atoms with Gasteiger partial charge in [0.1, 0.15) is 18.2 Å². The van der Waals surface area contributed by atoms with Gasteiger partial charge in [-0.15, -0.1) is 23.5 Å². The topological polar surface area (TPSA) is 69.2 Å². The highest BCUT2D eigenvalue weighted by Gasteiger charge is 2.18. The standard InChI is InChI=1S/C27H26FIN2O4S2/c1-2-33-24-14-18(13-23(29)26(24)35-16-20-5-3-4-6-22(20)28)15-30-31-25(32)17-34-21-9-7-19(8-10-21)27-36-11-12-37-27/h3-10,13-15,27H,2,11-12,16-17H2,1H3,(H,31,32)/b30-15-. The van der Waals surface area contributed by atoms with E-state index in [1.54, 1.807) is 24.3 Å². The van der Waals surface area contributed by atoms with E-state index in [-0.39, 0.29) is 24.9 Å². The van der Waals surface area contributed by atoms with Crippen LogP contribution in [0.5, 0.6) is 17.2 Å². The number of halogens is 2. The first-order valence-corrected chi connectivity index (χ1v) is 14.8. The Balaban J connectivity index is 1.31. The summed E-state index contributed by atoms with van der Waals surface area (Å²) in [5.74, 6) is 3.33. The van der Waals surface area contributed by atoms with Crippen molar-refractivity contribution < 1.29 is 23.4 Å². The number of carbonyl (C=O) groups is 1. The largest absolute Gasteiger partial charge is 0.490 e. The van der Waals surface area contributed by atoms with E-state index in [2.05, 4.69) is 33.1 Å². The number of hydrogen-bond donors (Lipinski definition) is 1. The highest BCUT2D eigenvalue weighted by molar-refractivity contribution is 14.1. The van der Waals surface area contributed by atoms with Gasteiger partial charge >= 0.3 is 0 Å². The Morgan fingerprint density at radius 2 is 1.86 bits per heavy atom. The Hall–Kier alpha value is -2.44. The van der Waals surface area contributed by atoms with Crippen molar-refractivity contribution in [2.45, 2.75) is 18.1 Å². The third-order valence-corrected chi connectivity index (χ3v) is 9.11. The minimum absolute atomic E-state index is 0.0769. The monoisotopic (exact) mass is 652 g/mol. The molecule has 3 aromatic carbocycles. The molecule has 1 heterocycles. The number of rotatable bonds is 11. The van der Waals surface area contributed by atoms with Gasteiger partial charge in [-0.25, -0.2) is 9.82 Å². The maximum atomic E-state index is 14.0. The Kier molecular flexibility index (Phi) is 10.4. The SMILES string of the molecule is CCOc1cc(/C=N\NC(=O)COc2ccc(C3SCCS3)cc2)cc(I)c1OCc1ccccc1F. The number of hydrogen-bond acceptors (Lipinski definition) is 7. The molecule has 0 unspecified atom stereocenters. The van der Waals surface area contributed by atoms with Gasteiger partial charge in [0.15, 0.2) is 18.1 Å². The summed E-state index contributed by atoms with van der Waals surface area (Å²) in [6.07, 6.45) is 1.52. The fraction of sp³-hybridized carbons (Fsp3) is 0.259. The minimum atomic E-state index is -0.369. The smallest absolute Gasteiger partial charge is 0.277 e. The van der Waals surface area contributed by atoms with Crippen LogP contribution in [0, 0.1) is 9.39 Å². The van der Waals surface area contributed by atoms with Crippen LogP contribution >= 0.6 is 46.1 Å². The summed E-state index contributed by atoms with van der Waals surface area (Å²) in [7, 11) is 0. The van der Waals surface area contributed by atoms with Gasteiger partial charge in [0.05, 0.1) is 21.0 Å². The Morgan fingerprint density at radius 1 is 1.11 bits per heavy atom. The van der Waals surface area contributed by atoms with E-state index < -0.39 is 0 Å². The Bertz CT molecular complexity index is 1240. The van der Waals surface area contributed by atoms with Crippen molar-refractivity contribution in [3.05, 3.63) is 86.7 Å². The van der Waals surface area contributed by atoms with Gasteiger partial charge in [0, 0.05) is 17.1 Å². The van der Waals surface area contributed by atoms with Gasteiger partial charge in [-0.1, -0.05) is 30.3 Å². The van der Waals surface area contributed by atoms with Crippen molar-refractivity contribution >= 4 is 58.2 Å². The molecule has 10 heteroatoms. The average Bonchev–Trinajstić information content (AvgIpc) is 3.44. The maximum absolute atomic E-state index is 14.0. The van der Waals surface area contributed by atoms with Crippen molar-refractivity contribution in [1.82, 2.24) is 5.43 Å². The van der Waals surface area contributed by atoms with Gasteiger partial charge in [-0.2, -0.15) is 5.10 Å². The number of amides is 1. The molecule has 1 aliphatic rings. The number of benzene rings is 3. The molecule has 0 saturated carbocycles. The summed E-state index contributed by atoms with van der Waals surface area (Å²) < 4.78 is 32.4. The normalized spacial score (nSPS) is 13.6. The summed E-state index contributed by atoms with van der Waals surface area (Å²) in [5.41, 5.74) is 4.91. The molecule has 0 radical (unpaired) electrons. The lowest BCUT2D eigenvalue weighted by Crippen LogP contribution is -2.24. The molecule has 1 N–H and O–H groups in total. The summed E-state index contributed by atoms with van der Waals surface area (Å²) >= 11 is 6.03. The van der Waals surface area contributed by atoms with Crippen molar-refractivity contribution in [1.29, 1.82) is 0 Å². The second-order valence-electron chi connectivity index (χ2n) is 7.87. The molecular weight excluding hydrogens is 626 g/mol. The van der Waals surface area contributed by atoms with Crippen LogP contribution in [0.2, 0.25) is 0 Å². The lowest BCUT2D eigenvalue weighted by atomic mass is 10.2. The molecule has 0 atom stereocenters. The Labute approximate surface area is 237 Å². The summed E-state index contributed by atoms with van der Waals surface area (Å²) in [6.45, 7) is 2.23. The molecule has 0 aromatic heterocycles. The predicted molar refractivity (Wildman–Crippen MR) is 156 cm³/mol. The van der Waals surface area contributed by atoms with E-state index in [9.17, 15) is 9.18 Å². The highest BCUT2D eigenvalue weighted by Crippen LogP contribution is 2.45. The van der Waals surface area contributed by atoms with Crippen LogP contribution < -0.4 is 19.6 Å². The molecule has 6 nitrogen and oxygen atoms in total. The van der Waals surface area contributed by atoms with E-state index in [1.165, 1.54) is 29.4 Å². The van der Waals surface area contributed by atoms with E-state index in [0.29, 0.717) is 39.6 Å². The molecule has 0 aliphatic carbocycles. The number of hydrazone groups is 1. The highest BCUT2D eigenvalue weighted by atomic mass is 127. The average molecular weight is 653 g/mol. The quantitative estimate of drug-likeness (QED) is 0.147. The molecule has 1 amide bonds. The number of ether oxygens (including phenoxy) is 3. The van der Waals surface area contributed by atoms with Gasteiger partial charge in [0.2, 0.25) is 0 Å². The van der Waals surface area contributed by atoms with E-state index in [1.807, 2.05) is 60.8 Å². The molecular formula is C27H26FIN2O4S2. The van der Waals surface area contributed by atoms with Crippen molar-refractivity contribution in [2.75, 3.05) is 24.7 Å². The van der Waals surface area contributed by atoms with Crippen LogP contribution in [0.1, 0.15) is 28.2 Å². The molecule has 0 spiro atoms. The van der Waals surface area contributed by atoms with Crippen LogP contribution in [-0.4, -0.2) is 36.8 Å². The van der Waals surface area contributed by atoms with Crippen molar-refractivity contribution in [3.63, 3.8) is 0 Å². The zero-order valence-electron chi connectivity index (χ0n) is 20.1. The van der Waals surface area contributed by atoms with Gasteiger partial charge in [-0.05, 0) is 71.0 Å². The van der Waals surface area contributed by atoms with Crippen LogP contribution in [0.15, 0.2) is 65.8 Å². The molecule has 0 bridgehead atoms. The molecule has 194 valence electrons. The second kappa shape index (κ2) is 13.9. The van der Waals surface area contributed by atoms with Crippen LogP contribution in [0.4, 0.5) is 4.39 Å². The minimum Gasteiger partial charge on any atom is -0.490 e. The van der Waals surface area contributed by atoms with E-state index >= 15 is 0 Å². The molecule has 37 heavy (non-hydrogen) atoms. The van der Waals surface area contributed by atoms with Gasteiger partial charge in [-0.3, -0.25) is 4.79 Å². The number of nitrogens with zero attached hydrogens (tertiary/aromatic N) is 1. The van der Waals surface area contributed by atoms with E-state index in [0.717, 1.165) is 3.57 Å². The lowest BCUT2D eigenvalue weighted by molar-refractivity contribution is -0.123.